The first-order valence-corrected chi connectivity index (χ1v) is 6.96. The van der Waals surface area contributed by atoms with Gasteiger partial charge in [-0.25, -0.2) is 4.79 Å². The standard InChI is InChI=1S/C15H14ClN3O3/c16-12-3-1-11(2-4-12)9-10-17-15(20)18-13-5-7-14(8-6-13)19(21)22/h1-8H,9-10H2,(H2,17,18,20). The Morgan fingerprint density at radius 1 is 1.09 bits per heavy atom. The molecule has 114 valence electrons. The molecule has 0 unspecified atom stereocenters. The molecule has 0 fully saturated rings. The third kappa shape index (κ3) is 4.75. The molecule has 0 saturated heterocycles. The van der Waals surface area contributed by atoms with Crippen LogP contribution in [0, 0.1) is 10.1 Å². The predicted molar refractivity (Wildman–Crippen MR) is 85.3 cm³/mol. The molecule has 6 nitrogen and oxygen atoms in total. The molecule has 0 bridgehead atoms. The summed E-state index contributed by atoms with van der Waals surface area (Å²) in [5.74, 6) is 0. The lowest BCUT2D eigenvalue weighted by atomic mass is 10.1. The first kappa shape index (κ1) is 15.8. The van der Waals surface area contributed by atoms with Crippen LogP contribution in [-0.2, 0) is 6.42 Å². The summed E-state index contributed by atoms with van der Waals surface area (Å²) in [5.41, 5.74) is 1.54. The van der Waals surface area contributed by atoms with E-state index in [9.17, 15) is 14.9 Å². The zero-order valence-corrected chi connectivity index (χ0v) is 12.3. The SMILES string of the molecule is O=C(NCCc1ccc(Cl)cc1)Nc1ccc([N+](=O)[O-])cc1. The molecule has 0 heterocycles. The maximum atomic E-state index is 11.7. The molecule has 0 radical (unpaired) electrons. The predicted octanol–water partition coefficient (Wildman–Crippen LogP) is 3.61. The highest BCUT2D eigenvalue weighted by Crippen LogP contribution is 2.15. The fourth-order valence-electron chi connectivity index (χ4n) is 1.81. The molecule has 0 aliphatic rings. The summed E-state index contributed by atoms with van der Waals surface area (Å²) in [6.07, 6.45) is 0.685. The quantitative estimate of drug-likeness (QED) is 0.652. The topological polar surface area (TPSA) is 84.3 Å². The van der Waals surface area contributed by atoms with Crippen molar-refractivity contribution in [3.05, 3.63) is 69.2 Å². The number of anilines is 1. The minimum absolute atomic E-state index is 0.0197. The van der Waals surface area contributed by atoms with Gasteiger partial charge in [-0.2, -0.15) is 0 Å². The molecule has 2 rings (SSSR count). The van der Waals surface area contributed by atoms with Gasteiger partial charge in [0.15, 0.2) is 0 Å². The lowest BCUT2D eigenvalue weighted by Crippen LogP contribution is -2.30. The molecule has 0 spiro atoms. The van der Waals surface area contributed by atoms with Gasteiger partial charge in [-0.1, -0.05) is 23.7 Å². The molecule has 0 saturated carbocycles. The molecule has 0 aromatic heterocycles. The average Bonchev–Trinajstić information content (AvgIpc) is 2.50. The number of hydrogen-bond donors (Lipinski definition) is 2. The van der Waals surface area contributed by atoms with Gasteiger partial charge in [0, 0.05) is 29.4 Å². The Morgan fingerprint density at radius 3 is 2.32 bits per heavy atom. The number of urea groups is 1. The molecule has 2 aromatic carbocycles. The van der Waals surface area contributed by atoms with Crippen molar-refractivity contribution in [2.45, 2.75) is 6.42 Å². The van der Waals surface area contributed by atoms with E-state index in [1.54, 1.807) is 12.1 Å². The van der Waals surface area contributed by atoms with Crippen LogP contribution >= 0.6 is 11.6 Å². The van der Waals surface area contributed by atoms with Gasteiger partial charge in [0.2, 0.25) is 0 Å². The van der Waals surface area contributed by atoms with E-state index in [-0.39, 0.29) is 11.7 Å². The van der Waals surface area contributed by atoms with Crippen molar-refractivity contribution in [3.63, 3.8) is 0 Å². The Hall–Kier alpha value is -2.60. The Bertz CT molecular complexity index is 657. The highest BCUT2D eigenvalue weighted by molar-refractivity contribution is 6.30. The van der Waals surface area contributed by atoms with Crippen molar-refractivity contribution in [2.75, 3.05) is 11.9 Å². The number of nitro groups is 1. The second-order valence-electron chi connectivity index (χ2n) is 4.56. The minimum Gasteiger partial charge on any atom is -0.338 e. The molecule has 2 aromatic rings. The number of nitrogens with zero attached hydrogens (tertiary/aromatic N) is 1. The number of carbonyl (C=O) groups is 1. The Kier molecular flexibility index (Phi) is 5.32. The van der Waals surface area contributed by atoms with Crippen LogP contribution in [0.1, 0.15) is 5.56 Å². The highest BCUT2D eigenvalue weighted by Gasteiger charge is 2.06. The number of nitro benzene ring substituents is 1. The van der Waals surface area contributed by atoms with Crippen LogP contribution in [0.2, 0.25) is 5.02 Å². The number of carbonyl (C=O) groups excluding carboxylic acids is 1. The Morgan fingerprint density at radius 2 is 1.73 bits per heavy atom. The zero-order valence-electron chi connectivity index (χ0n) is 11.6. The molecule has 2 amide bonds. The van der Waals surface area contributed by atoms with E-state index < -0.39 is 4.92 Å². The summed E-state index contributed by atoms with van der Waals surface area (Å²) in [5, 5.41) is 16.5. The van der Waals surface area contributed by atoms with Crippen LogP contribution in [0.25, 0.3) is 0 Å². The minimum atomic E-state index is -0.490. The lowest BCUT2D eigenvalue weighted by Gasteiger charge is -2.07. The van der Waals surface area contributed by atoms with E-state index in [4.69, 9.17) is 11.6 Å². The second kappa shape index (κ2) is 7.42. The van der Waals surface area contributed by atoms with Gasteiger partial charge < -0.3 is 10.6 Å². The summed E-state index contributed by atoms with van der Waals surface area (Å²) in [4.78, 5) is 21.7. The van der Waals surface area contributed by atoms with Crippen LogP contribution in [0.15, 0.2) is 48.5 Å². The molecule has 0 aliphatic heterocycles. The number of hydrogen-bond acceptors (Lipinski definition) is 3. The van der Waals surface area contributed by atoms with E-state index in [0.717, 1.165) is 5.56 Å². The fourth-order valence-corrected chi connectivity index (χ4v) is 1.94. The average molecular weight is 320 g/mol. The summed E-state index contributed by atoms with van der Waals surface area (Å²) >= 11 is 5.80. The first-order valence-electron chi connectivity index (χ1n) is 6.58. The largest absolute Gasteiger partial charge is 0.338 e. The van der Waals surface area contributed by atoms with Crippen molar-refractivity contribution in [2.24, 2.45) is 0 Å². The molecule has 0 atom stereocenters. The normalized spacial score (nSPS) is 10.0. The smallest absolute Gasteiger partial charge is 0.319 e. The summed E-state index contributed by atoms with van der Waals surface area (Å²) < 4.78 is 0. The monoisotopic (exact) mass is 319 g/mol. The van der Waals surface area contributed by atoms with Crippen molar-refractivity contribution >= 4 is 29.0 Å². The van der Waals surface area contributed by atoms with Gasteiger partial charge in [-0.05, 0) is 36.2 Å². The number of benzene rings is 2. The summed E-state index contributed by atoms with van der Waals surface area (Å²) in [6, 6.07) is 12.7. The molecular weight excluding hydrogens is 306 g/mol. The van der Waals surface area contributed by atoms with Crippen LogP contribution in [-0.4, -0.2) is 17.5 Å². The van der Waals surface area contributed by atoms with E-state index >= 15 is 0 Å². The van der Waals surface area contributed by atoms with E-state index in [1.165, 1.54) is 24.3 Å². The Balaban J connectivity index is 1.77. The first-order chi connectivity index (χ1) is 10.5. The van der Waals surface area contributed by atoms with Gasteiger partial charge in [-0.3, -0.25) is 10.1 Å². The number of rotatable bonds is 5. The number of nitrogens with one attached hydrogen (secondary N) is 2. The van der Waals surface area contributed by atoms with Crippen LogP contribution < -0.4 is 10.6 Å². The molecule has 0 aliphatic carbocycles. The van der Waals surface area contributed by atoms with Crippen molar-refractivity contribution in [1.29, 1.82) is 0 Å². The van der Waals surface area contributed by atoms with Gasteiger partial charge in [0.1, 0.15) is 0 Å². The second-order valence-corrected chi connectivity index (χ2v) is 5.00. The number of halogens is 1. The molecule has 2 N–H and O–H groups in total. The van der Waals surface area contributed by atoms with Crippen LogP contribution in [0.3, 0.4) is 0 Å². The molecule has 7 heteroatoms. The summed E-state index contributed by atoms with van der Waals surface area (Å²) in [7, 11) is 0. The summed E-state index contributed by atoms with van der Waals surface area (Å²) in [6.45, 7) is 0.473. The van der Waals surface area contributed by atoms with Gasteiger partial charge >= 0.3 is 6.03 Å². The lowest BCUT2D eigenvalue weighted by molar-refractivity contribution is -0.384. The van der Waals surface area contributed by atoms with E-state index in [2.05, 4.69) is 10.6 Å². The van der Waals surface area contributed by atoms with E-state index in [0.29, 0.717) is 23.7 Å². The van der Waals surface area contributed by atoms with Crippen molar-refractivity contribution < 1.29 is 9.72 Å². The van der Waals surface area contributed by atoms with Crippen molar-refractivity contribution in [1.82, 2.24) is 5.32 Å². The van der Waals surface area contributed by atoms with Gasteiger partial charge in [-0.15, -0.1) is 0 Å². The Labute approximate surface area is 132 Å². The van der Waals surface area contributed by atoms with Gasteiger partial charge in [0.25, 0.3) is 5.69 Å². The fraction of sp³-hybridized carbons (Fsp3) is 0.133. The maximum Gasteiger partial charge on any atom is 0.319 e. The number of amides is 2. The van der Waals surface area contributed by atoms with Crippen molar-refractivity contribution in [3.8, 4) is 0 Å². The third-order valence-corrected chi connectivity index (χ3v) is 3.20. The maximum absolute atomic E-state index is 11.7. The highest BCUT2D eigenvalue weighted by atomic mass is 35.5. The third-order valence-electron chi connectivity index (χ3n) is 2.95. The molecule has 22 heavy (non-hydrogen) atoms. The van der Waals surface area contributed by atoms with E-state index in [1.807, 2.05) is 12.1 Å². The van der Waals surface area contributed by atoms with Crippen LogP contribution in [0.4, 0.5) is 16.2 Å². The van der Waals surface area contributed by atoms with Crippen LogP contribution in [0.5, 0.6) is 0 Å². The molecular formula is C15H14ClN3O3. The zero-order chi connectivity index (χ0) is 15.9. The number of non-ortho nitro benzene ring substituents is 1. The van der Waals surface area contributed by atoms with Gasteiger partial charge in [0.05, 0.1) is 4.92 Å².